The number of hydrogen-bond donors (Lipinski definition) is 2. The number of ether oxygens (including phenoxy) is 1. The normalized spacial score (nSPS) is 20.0. The molecule has 1 aliphatic rings. The quantitative estimate of drug-likeness (QED) is 0.793. The number of urea groups is 1. The Morgan fingerprint density at radius 1 is 1.27 bits per heavy atom. The van der Waals surface area contributed by atoms with E-state index in [0.29, 0.717) is 5.56 Å². The third-order valence-corrected chi connectivity index (χ3v) is 4.23. The molecule has 10 heteroatoms. The number of aryl methyl sites for hydroxylation is 1. The number of esters is 1. The number of carbonyl (C=O) groups excluding carboxylic acids is 2. The maximum absolute atomic E-state index is 13.0. The van der Waals surface area contributed by atoms with E-state index < -0.39 is 49.1 Å². The molecule has 1 aromatic carbocycles. The zero-order chi connectivity index (χ0) is 19.6. The van der Waals surface area contributed by atoms with E-state index in [1.54, 1.807) is 6.92 Å². The molecule has 142 valence electrons. The van der Waals surface area contributed by atoms with Gasteiger partial charge in [-0.2, -0.15) is 13.2 Å². The number of carboxylic acid groups (broad SMARTS) is 1. The van der Waals surface area contributed by atoms with Crippen molar-refractivity contribution in [2.24, 2.45) is 11.8 Å². The third-order valence-electron chi connectivity index (χ3n) is 4.23. The van der Waals surface area contributed by atoms with Gasteiger partial charge in [-0.1, -0.05) is 0 Å². The number of amides is 2. The molecule has 26 heavy (non-hydrogen) atoms. The van der Waals surface area contributed by atoms with Crippen molar-refractivity contribution < 1.29 is 37.4 Å². The van der Waals surface area contributed by atoms with E-state index in [4.69, 9.17) is 5.11 Å². The molecule has 0 bridgehead atoms. The van der Waals surface area contributed by atoms with Gasteiger partial charge in [-0.3, -0.25) is 4.79 Å². The predicted octanol–water partition coefficient (Wildman–Crippen LogP) is 2.51. The van der Waals surface area contributed by atoms with Crippen LogP contribution in [0, 0.1) is 18.8 Å². The highest BCUT2D eigenvalue weighted by Crippen LogP contribution is 2.37. The van der Waals surface area contributed by atoms with Crippen molar-refractivity contribution in [2.75, 3.05) is 25.5 Å². The summed E-state index contributed by atoms with van der Waals surface area (Å²) >= 11 is 0. The van der Waals surface area contributed by atoms with Crippen LogP contribution in [-0.4, -0.2) is 54.4 Å². The number of benzene rings is 1. The number of nitrogens with zero attached hydrogens (tertiary/aromatic N) is 1. The molecule has 1 aliphatic heterocycles. The number of alkyl halides is 3. The van der Waals surface area contributed by atoms with Crippen LogP contribution in [0.4, 0.5) is 23.7 Å². The van der Waals surface area contributed by atoms with Gasteiger partial charge >= 0.3 is 24.1 Å². The number of nitrogens with one attached hydrogen (secondary N) is 1. The lowest BCUT2D eigenvalue weighted by Crippen LogP contribution is -2.35. The Morgan fingerprint density at radius 3 is 2.38 bits per heavy atom. The van der Waals surface area contributed by atoms with Crippen molar-refractivity contribution in [2.45, 2.75) is 13.1 Å². The molecule has 1 heterocycles. The van der Waals surface area contributed by atoms with Crippen LogP contribution in [0.1, 0.15) is 15.9 Å². The fourth-order valence-electron chi connectivity index (χ4n) is 2.83. The molecule has 0 radical (unpaired) electrons. The number of methoxy groups -OCH3 is 1. The standard InChI is InChI=1S/C16H17F3N2O5/c1-8-5-9(3-4-10(8)14(24)26-2)20-15(25)21-6-11(13(22)23)12(7-21)16(17,18)19/h3-5,11-12H,6-7H2,1-2H3,(H,20,25)(H,22,23)/t11-,12-/m1/s1. The van der Waals surface area contributed by atoms with E-state index in [9.17, 15) is 27.6 Å². The molecule has 0 spiro atoms. The first-order valence-corrected chi connectivity index (χ1v) is 7.59. The Bertz CT molecular complexity index is 735. The van der Waals surface area contributed by atoms with Gasteiger partial charge in [0.15, 0.2) is 0 Å². The topological polar surface area (TPSA) is 95.9 Å². The molecule has 7 nitrogen and oxygen atoms in total. The summed E-state index contributed by atoms with van der Waals surface area (Å²) in [6.07, 6.45) is -4.71. The Morgan fingerprint density at radius 2 is 1.92 bits per heavy atom. The number of likely N-dealkylation sites (tertiary alicyclic amines) is 1. The van der Waals surface area contributed by atoms with Gasteiger partial charge in [0.1, 0.15) is 0 Å². The number of halogens is 3. The molecule has 0 saturated carbocycles. The molecule has 2 rings (SSSR count). The van der Waals surface area contributed by atoms with Crippen LogP contribution in [-0.2, 0) is 9.53 Å². The number of anilines is 1. The van der Waals surface area contributed by atoms with Gasteiger partial charge in [0, 0.05) is 18.8 Å². The van der Waals surface area contributed by atoms with Gasteiger partial charge in [0.2, 0.25) is 0 Å². The Kier molecular flexibility index (Phi) is 5.43. The lowest BCUT2D eigenvalue weighted by atomic mass is 9.96. The highest BCUT2D eigenvalue weighted by molar-refractivity contribution is 5.94. The zero-order valence-corrected chi connectivity index (χ0v) is 14.0. The number of carbonyl (C=O) groups is 3. The average molecular weight is 374 g/mol. The first kappa shape index (κ1) is 19.5. The minimum atomic E-state index is -4.71. The van der Waals surface area contributed by atoms with E-state index in [0.717, 1.165) is 4.90 Å². The highest BCUT2D eigenvalue weighted by Gasteiger charge is 2.53. The van der Waals surface area contributed by atoms with Crippen molar-refractivity contribution in [1.82, 2.24) is 4.90 Å². The van der Waals surface area contributed by atoms with Crippen LogP contribution in [0.15, 0.2) is 18.2 Å². The predicted molar refractivity (Wildman–Crippen MR) is 83.8 cm³/mol. The molecule has 0 aromatic heterocycles. The van der Waals surface area contributed by atoms with Crippen LogP contribution in [0.2, 0.25) is 0 Å². The van der Waals surface area contributed by atoms with Crippen molar-refractivity contribution >= 4 is 23.7 Å². The van der Waals surface area contributed by atoms with E-state index in [1.807, 2.05) is 0 Å². The summed E-state index contributed by atoms with van der Waals surface area (Å²) in [5.74, 6) is -5.98. The second-order valence-corrected chi connectivity index (χ2v) is 5.95. The van der Waals surface area contributed by atoms with E-state index in [1.165, 1.54) is 25.3 Å². The van der Waals surface area contributed by atoms with Crippen molar-refractivity contribution in [3.8, 4) is 0 Å². The second kappa shape index (κ2) is 7.22. The molecule has 2 atom stereocenters. The van der Waals surface area contributed by atoms with Gasteiger partial charge in [-0.25, -0.2) is 9.59 Å². The van der Waals surface area contributed by atoms with Gasteiger partial charge in [0.05, 0.1) is 24.5 Å². The van der Waals surface area contributed by atoms with Crippen LogP contribution in [0.3, 0.4) is 0 Å². The SMILES string of the molecule is COC(=O)c1ccc(NC(=O)N2C[C@@H](C(F)(F)F)[C@H](C(=O)O)C2)cc1C. The number of carboxylic acids is 1. The second-order valence-electron chi connectivity index (χ2n) is 5.95. The zero-order valence-electron chi connectivity index (χ0n) is 14.0. The lowest BCUT2D eigenvalue weighted by molar-refractivity contribution is -0.187. The molecular formula is C16H17F3N2O5. The summed E-state index contributed by atoms with van der Waals surface area (Å²) in [5, 5.41) is 11.4. The number of aliphatic carboxylic acids is 1. The lowest BCUT2D eigenvalue weighted by Gasteiger charge is -2.19. The minimum absolute atomic E-state index is 0.266. The minimum Gasteiger partial charge on any atom is -0.481 e. The van der Waals surface area contributed by atoms with Gasteiger partial charge in [-0.15, -0.1) is 0 Å². The van der Waals surface area contributed by atoms with Gasteiger partial charge in [0.25, 0.3) is 0 Å². The monoisotopic (exact) mass is 374 g/mol. The smallest absolute Gasteiger partial charge is 0.394 e. The maximum atomic E-state index is 13.0. The first-order valence-electron chi connectivity index (χ1n) is 7.59. The van der Waals surface area contributed by atoms with E-state index in [2.05, 4.69) is 10.1 Å². The van der Waals surface area contributed by atoms with Gasteiger partial charge in [-0.05, 0) is 30.7 Å². The Hall–Kier alpha value is -2.78. The molecular weight excluding hydrogens is 357 g/mol. The summed E-state index contributed by atoms with van der Waals surface area (Å²) in [5.41, 5.74) is 1.06. The van der Waals surface area contributed by atoms with Crippen molar-refractivity contribution in [3.05, 3.63) is 29.3 Å². The summed E-state index contributed by atoms with van der Waals surface area (Å²) < 4.78 is 43.5. The van der Waals surface area contributed by atoms with Crippen LogP contribution < -0.4 is 5.32 Å². The van der Waals surface area contributed by atoms with Crippen LogP contribution in [0.5, 0.6) is 0 Å². The first-order chi connectivity index (χ1) is 12.0. The largest absolute Gasteiger partial charge is 0.481 e. The summed E-state index contributed by atoms with van der Waals surface area (Å²) in [6.45, 7) is 0.341. The Labute approximate surface area is 146 Å². The molecule has 1 aromatic rings. The summed E-state index contributed by atoms with van der Waals surface area (Å²) in [7, 11) is 1.22. The summed E-state index contributed by atoms with van der Waals surface area (Å²) in [4.78, 5) is 35.6. The molecule has 2 amide bonds. The summed E-state index contributed by atoms with van der Waals surface area (Å²) in [6, 6.07) is 3.45. The third kappa shape index (κ3) is 4.06. The van der Waals surface area contributed by atoms with Gasteiger partial charge < -0.3 is 20.1 Å². The highest BCUT2D eigenvalue weighted by atomic mass is 19.4. The molecule has 0 aliphatic carbocycles. The van der Waals surface area contributed by atoms with Crippen molar-refractivity contribution in [1.29, 1.82) is 0 Å². The number of hydrogen-bond acceptors (Lipinski definition) is 4. The molecule has 1 fully saturated rings. The molecule has 0 unspecified atom stereocenters. The fourth-order valence-corrected chi connectivity index (χ4v) is 2.83. The Balaban J connectivity index is 2.12. The maximum Gasteiger partial charge on any atom is 0.394 e. The van der Waals surface area contributed by atoms with E-state index in [-0.39, 0.29) is 11.3 Å². The average Bonchev–Trinajstić information content (AvgIpc) is 3.00. The van der Waals surface area contributed by atoms with Crippen molar-refractivity contribution in [3.63, 3.8) is 0 Å². The fraction of sp³-hybridized carbons (Fsp3) is 0.438. The van der Waals surface area contributed by atoms with E-state index >= 15 is 0 Å². The number of rotatable bonds is 3. The van der Waals surface area contributed by atoms with Crippen LogP contribution in [0.25, 0.3) is 0 Å². The molecule has 2 N–H and O–H groups in total. The van der Waals surface area contributed by atoms with Crippen LogP contribution >= 0.6 is 0 Å². The molecule has 1 saturated heterocycles.